The first-order chi connectivity index (χ1) is 9.63. The number of benzene rings is 1. The van der Waals surface area contributed by atoms with E-state index < -0.39 is 0 Å². The molecule has 3 rings (SSSR count). The van der Waals surface area contributed by atoms with Gasteiger partial charge in [0.05, 0.1) is 16.3 Å². The van der Waals surface area contributed by atoms with Crippen molar-refractivity contribution in [1.29, 1.82) is 0 Å². The third-order valence-corrected chi connectivity index (χ3v) is 5.09. The Morgan fingerprint density at radius 2 is 2.25 bits per heavy atom. The van der Waals surface area contributed by atoms with Gasteiger partial charge in [0.1, 0.15) is 10.5 Å². The number of hydrogen-bond donors (Lipinski definition) is 2. The molecule has 0 aliphatic rings. The highest BCUT2D eigenvalue weighted by atomic mass is 35.5. The molecule has 0 amide bonds. The summed E-state index contributed by atoms with van der Waals surface area (Å²) >= 11 is 8.99. The molecule has 0 bridgehead atoms. The van der Waals surface area contributed by atoms with Gasteiger partial charge in [0.15, 0.2) is 0 Å². The first kappa shape index (κ1) is 13.5. The maximum atomic E-state index is 11.9. The second-order valence-corrected chi connectivity index (χ2v) is 6.47. The lowest BCUT2D eigenvalue weighted by Gasteiger charge is -2.05. The van der Waals surface area contributed by atoms with E-state index in [0.29, 0.717) is 27.0 Å². The number of aromatic amines is 1. The second-order valence-electron chi connectivity index (χ2n) is 4.13. The first-order valence-electron chi connectivity index (χ1n) is 5.78. The molecule has 7 heteroatoms. The van der Waals surface area contributed by atoms with Crippen LogP contribution >= 0.6 is 34.7 Å². The van der Waals surface area contributed by atoms with Crippen LogP contribution in [0.15, 0.2) is 39.3 Å². The molecule has 2 heterocycles. The molecule has 3 N–H and O–H groups in total. The zero-order valence-corrected chi connectivity index (χ0v) is 12.6. The number of hydrogen-bond acceptors (Lipinski definition) is 5. The lowest BCUT2D eigenvalue weighted by molar-refractivity contribution is 1.04. The minimum absolute atomic E-state index is 0.0979. The van der Waals surface area contributed by atoms with Gasteiger partial charge in [-0.1, -0.05) is 11.6 Å². The average molecular weight is 324 g/mol. The molecule has 0 saturated carbocycles. The fourth-order valence-electron chi connectivity index (χ4n) is 1.77. The highest BCUT2D eigenvalue weighted by Gasteiger charge is 2.07. The molecule has 4 nitrogen and oxygen atoms in total. The van der Waals surface area contributed by atoms with Crippen LogP contribution in [-0.4, -0.2) is 9.97 Å². The predicted octanol–water partition coefficient (Wildman–Crippen LogP) is 3.51. The summed E-state index contributed by atoms with van der Waals surface area (Å²) in [7, 11) is 0. The minimum atomic E-state index is -0.0979. The van der Waals surface area contributed by atoms with Crippen LogP contribution in [0.3, 0.4) is 0 Å². The van der Waals surface area contributed by atoms with E-state index in [-0.39, 0.29) is 5.56 Å². The van der Waals surface area contributed by atoms with Gasteiger partial charge in [-0.05, 0) is 29.6 Å². The Hall–Kier alpha value is -1.50. The zero-order chi connectivity index (χ0) is 14.1. The quantitative estimate of drug-likeness (QED) is 0.571. The van der Waals surface area contributed by atoms with Crippen molar-refractivity contribution in [2.75, 3.05) is 5.73 Å². The van der Waals surface area contributed by atoms with Crippen molar-refractivity contribution in [3.05, 3.63) is 50.8 Å². The number of rotatable bonds is 3. The molecule has 0 radical (unpaired) electrons. The molecular weight excluding hydrogens is 314 g/mol. The van der Waals surface area contributed by atoms with Gasteiger partial charge < -0.3 is 10.7 Å². The Balaban J connectivity index is 1.86. The summed E-state index contributed by atoms with van der Waals surface area (Å²) in [5, 5.41) is 2.50. The standard InChI is InChI=1S/C13H10ClN3OS2/c14-8-2-1-7(15)5-10(8)20-6-11-16-9-3-4-19-12(9)13(18)17-11/h1-5H,6,15H2,(H,16,17,18). The van der Waals surface area contributed by atoms with Gasteiger partial charge in [-0.25, -0.2) is 4.98 Å². The molecule has 0 fully saturated rings. The average Bonchev–Trinajstić information content (AvgIpc) is 2.89. The van der Waals surface area contributed by atoms with E-state index in [4.69, 9.17) is 17.3 Å². The van der Waals surface area contributed by atoms with Crippen molar-refractivity contribution in [2.24, 2.45) is 0 Å². The van der Waals surface area contributed by atoms with Crippen LogP contribution < -0.4 is 11.3 Å². The molecule has 3 aromatic rings. The van der Waals surface area contributed by atoms with Crippen LogP contribution in [0.2, 0.25) is 5.02 Å². The third kappa shape index (κ3) is 2.67. The largest absolute Gasteiger partial charge is 0.399 e. The Kier molecular flexibility index (Phi) is 3.69. The number of anilines is 1. The van der Waals surface area contributed by atoms with Gasteiger partial charge in [0, 0.05) is 10.6 Å². The van der Waals surface area contributed by atoms with Crippen LogP contribution in [0.4, 0.5) is 5.69 Å². The number of nitrogens with two attached hydrogens (primary N) is 1. The highest BCUT2D eigenvalue weighted by molar-refractivity contribution is 7.98. The topological polar surface area (TPSA) is 71.8 Å². The molecule has 2 aromatic heterocycles. The lowest BCUT2D eigenvalue weighted by atomic mass is 10.3. The molecule has 0 unspecified atom stereocenters. The number of fused-ring (bicyclic) bond motifs is 1. The number of H-pyrrole nitrogens is 1. The van der Waals surface area contributed by atoms with Crippen LogP contribution in [-0.2, 0) is 5.75 Å². The predicted molar refractivity (Wildman–Crippen MR) is 85.7 cm³/mol. The van der Waals surface area contributed by atoms with Gasteiger partial charge in [-0.15, -0.1) is 23.1 Å². The van der Waals surface area contributed by atoms with Gasteiger partial charge in [-0.2, -0.15) is 0 Å². The number of aromatic nitrogens is 2. The van der Waals surface area contributed by atoms with Crippen LogP contribution in [0, 0.1) is 0 Å². The van der Waals surface area contributed by atoms with E-state index >= 15 is 0 Å². The molecule has 0 saturated heterocycles. The van der Waals surface area contributed by atoms with E-state index in [1.54, 1.807) is 12.1 Å². The third-order valence-electron chi connectivity index (χ3n) is 2.68. The molecule has 0 spiro atoms. The summed E-state index contributed by atoms with van der Waals surface area (Å²) in [4.78, 5) is 19.9. The van der Waals surface area contributed by atoms with Crippen LogP contribution in [0.25, 0.3) is 10.2 Å². The van der Waals surface area contributed by atoms with Crippen molar-refractivity contribution in [1.82, 2.24) is 9.97 Å². The number of nitrogens with zero attached hydrogens (tertiary/aromatic N) is 1. The highest BCUT2D eigenvalue weighted by Crippen LogP contribution is 2.30. The van der Waals surface area contributed by atoms with E-state index in [9.17, 15) is 4.79 Å². The van der Waals surface area contributed by atoms with E-state index in [1.165, 1.54) is 23.1 Å². The summed E-state index contributed by atoms with van der Waals surface area (Å²) in [5.41, 5.74) is 7.03. The number of thiophene rings is 1. The summed E-state index contributed by atoms with van der Waals surface area (Å²) in [6.45, 7) is 0. The molecule has 0 aliphatic carbocycles. The number of thioether (sulfide) groups is 1. The Morgan fingerprint density at radius 1 is 1.40 bits per heavy atom. The smallest absolute Gasteiger partial charge is 0.268 e. The molecule has 0 aliphatic heterocycles. The molecule has 0 atom stereocenters. The van der Waals surface area contributed by atoms with Gasteiger partial charge in [0.2, 0.25) is 0 Å². The Morgan fingerprint density at radius 3 is 3.10 bits per heavy atom. The van der Waals surface area contributed by atoms with Gasteiger partial charge in [-0.3, -0.25) is 4.79 Å². The zero-order valence-electron chi connectivity index (χ0n) is 10.2. The van der Waals surface area contributed by atoms with Crippen molar-refractivity contribution in [3.63, 3.8) is 0 Å². The van der Waals surface area contributed by atoms with Crippen molar-refractivity contribution in [3.8, 4) is 0 Å². The maximum absolute atomic E-state index is 11.9. The van der Waals surface area contributed by atoms with Crippen LogP contribution in [0.1, 0.15) is 5.82 Å². The summed E-state index contributed by atoms with van der Waals surface area (Å²) in [6.07, 6.45) is 0. The molecule has 102 valence electrons. The lowest BCUT2D eigenvalue weighted by Crippen LogP contribution is -2.09. The number of nitrogens with one attached hydrogen (secondary N) is 1. The van der Waals surface area contributed by atoms with Crippen LogP contribution in [0.5, 0.6) is 0 Å². The monoisotopic (exact) mass is 323 g/mol. The maximum Gasteiger partial charge on any atom is 0.268 e. The van der Waals surface area contributed by atoms with E-state index in [2.05, 4.69) is 9.97 Å². The van der Waals surface area contributed by atoms with Crippen molar-refractivity contribution < 1.29 is 0 Å². The SMILES string of the molecule is Nc1ccc(Cl)c(SCc2nc3ccsc3c(=O)[nH]2)c1. The first-order valence-corrected chi connectivity index (χ1v) is 8.02. The van der Waals surface area contributed by atoms with E-state index in [1.807, 2.05) is 17.5 Å². The van der Waals surface area contributed by atoms with E-state index in [0.717, 1.165) is 10.4 Å². The van der Waals surface area contributed by atoms with Crippen molar-refractivity contribution in [2.45, 2.75) is 10.6 Å². The fourth-order valence-corrected chi connectivity index (χ4v) is 3.63. The Labute approximate surface area is 128 Å². The summed E-state index contributed by atoms with van der Waals surface area (Å²) in [5.74, 6) is 1.16. The number of halogens is 1. The second kappa shape index (κ2) is 5.47. The fraction of sp³-hybridized carbons (Fsp3) is 0.0769. The molecule has 20 heavy (non-hydrogen) atoms. The Bertz CT molecular complexity index is 828. The number of nitrogen functional groups attached to an aromatic ring is 1. The normalized spacial score (nSPS) is 11.1. The molecule has 1 aromatic carbocycles. The van der Waals surface area contributed by atoms with Gasteiger partial charge in [0.25, 0.3) is 5.56 Å². The summed E-state index contributed by atoms with van der Waals surface area (Å²) in [6, 6.07) is 7.17. The molecular formula is C13H10ClN3OS2. The van der Waals surface area contributed by atoms with Gasteiger partial charge >= 0.3 is 0 Å². The minimum Gasteiger partial charge on any atom is -0.399 e. The summed E-state index contributed by atoms with van der Waals surface area (Å²) < 4.78 is 0.653. The van der Waals surface area contributed by atoms with Crippen molar-refractivity contribution >= 4 is 50.6 Å².